The lowest BCUT2D eigenvalue weighted by Gasteiger charge is -2.12. The molecule has 1 aliphatic rings. The Labute approximate surface area is 87.7 Å². The number of aliphatic hydroxyl groups excluding tert-OH is 1. The normalized spacial score (nSPS) is 19.3. The number of rotatable bonds is 3. The fourth-order valence-electron chi connectivity index (χ4n) is 1.10. The van der Waals surface area contributed by atoms with Crippen molar-refractivity contribution in [3.05, 3.63) is 24.4 Å². The van der Waals surface area contributed by atoms with Crippen molar-refractivity contribution < 1.29 is 19.4 Å². The van der Waals surface area contributed by atoms with Crippen LogP contribution in [0.1, 0.15) is 0 Å². The Kier molecular flexibility index (Phi) is 4.56. The highest BCUT2D eigenvalue weighted by Gasteiger charge is 2.24. The summed E-state index contributed by atoms with van der Waals surface area (Å²) in [6.45, 7) is -0.215. The fraction of sp³-hybridized carbons (Fsp3) is 0.400. The smallest absolute Gasteiger partial charge is 0.322 e. The third kappa shape index (κ3) is 3.21. The van der Waals surface area contributed by atoms with Crippen molar-refractivity contribution in [1.29, 1.82) is 0 Å². The van der Waals surface area contributed by atoms with Gasteiger partial charge in [0.15, 0.2) is 5.92 Å². The number of allylic oxidation sites excluding steroid dienone is 2. The monoisotopic (exact) mass is 211 g/mol. The van der Waals surface area contributed by atoms with Gasteiger partial charge in [0.2, 0.25) is 5.90 Å². The Morgan fingerprint density at radius 1 is 1.60 bits per heavy atom. The van der Waals surface area contributed by atoms with Crippen molar-refractivity contribution >= 4 is 11.9 Å². The highest BCUT2D eigenvalue weighted by molar-refractivity contribution is 6.00. The minimum absolute atomic E-state index is 0.0202. The molecule has 0 fully saturated rings. The lowest BCUT2D eigenvalue weighted by molar-refractivity contribution is -0.146. The van der Waals surface area contributed by atoms with Gasteiger partial charge in [0, 0.05) is 6.20 Å². The molecule has 0 saturated carbocycles. The summed E-state index contributed by atoms with van der Waals surface area (Å²) in [7, 11) is 1.44. The molecule has 5 nitrogen and oxygen atoms in total. The number of carbonyl (C=O) groups is 1. The van der Waals surface area contributed by atoms with Gasteiger partial charge in [0.1, 0.15) is 6.61 Å². The van der Waals surface area contributed by atoms with Crippen LogP contribution in [-0.4, -0.2) is 37.3 Å². The number of hydrogen-bond acceptors (Lipinski definition) is 5. The second-order valence-electron chi connectivity index (χ2n) is 2.77. The maximum atomic E-state index is 11.5. The summed E-state index contributed by atoms with van der Waals surface area (Å²) in [5.74, 6) is -0.843. The first kappa shape index (κ1) is 11.5. The summed E-state index contributed by atoms with van der Waals surface area (Å²) in [5.41, 5.74) is 0. The van der Waals surface area contributed by atoms with Gasteiger partial charge in [0.25, 0.3) is 0 Å². The topological polar surface area (TPSA) is 68.1 Å². The van der Waals surface area contributed by atoms with E-state index >= 15 is 0 Å². The van der Waals surface area contributed by atoms with E-state index in [0.717, 1.165) is 0 Å². The average molecular weight is 211 g/mol. The highest BCUT2D eigenvalue weighted by Crippen LogP contribution is 2.10. The molecule has 0 radical (unpaired) electrons. The Balaban J connectivity index is 2.69. The zero-order valence-corrected chi connectivity index (χ0v) is 8.42. The van der Waals surface area contributed by atoms with Crippen LogP contribution in [0.4, 0.5) is 0 Å². The van der Waals surface area contributed by atoms with Gasteiger partial charge in [-0.2, -0.15) is 0 Å². The maximum Gasteiger partial charge on any atom is 0.322 e. The highest BCUT2D eigenvalue weighted by atomic mass is 16.5. The largest absolute Gasteiger partial charge is 0.483 e. The predicted molar refractivity (Wildman–Crippen MR) is 54.3 cm³/mol. The Bertz CT molecular complexity index is 307. The molecule has 1 rings (SSSR count). The second-order valence-corrected chi connectivity index (χ2v) is 2.77. The van der Waals surface area contributed by atoms with Gasteiger partial charge in [-0.05, 0) is 6.08 Å². The second kappa shape index (κ2) is 5.98. The molecule has 0 bridgehead atoms. The number of esters is 1. The number of hydrogen-bond donors (Lipinski definition) is 1. The summed E-state index contributed by atoms with van der Waals surface area (Å²) >= 11 is 0. The Morgan fingerprint density at radius 2 is 2.40 bits per heavy atom. The van der Waals surface area contributed by atoms with Crippen LogP contribution in [-0.2, 0) is 14.3 Å². The van der Waals surface area contributed by atoms with Gasteiger partial charge in [0.05, 0.1) is 13.7 Å². The molecule has 0 saturated heterocycles. The van der Waals surface area contributed by atoms with Crippen LogP contribution in [0.5, 0.6) is 0 Å². The van der Waals surface area contributed by atoms with E-state index < -0.39 is 11.9 Å². The molecule has 1 aliphatic heterocycles. The van der Waals surface area contributed by atoms with Gasteiger partial charge < -0.3 is 14.6 Å². The maximum absolute atomic E-state index is 11.5. The van der Waals surface area contributed by atoms with Crippen molar-refractivity contribution in [2.24, 2.45) is 10.9 Å². The Hall–Kier alpha value is -1.62. The lowest BCUT2D eigenvalue weighted by atomic mass is 10.1. The molecular weight excluding hydrogens is 198 g/mol. The average Bonchev–Trinajstić information content (AvgIpc) is 2.50. The van der Waals surface area contributed by atoms with Crippen molar-refractivity contribution in [2.75, 3.05) is 20.3 Å². The summed E-state index contributed by atoms with van der Waals surface area (Å²) in [4.78, 5) is 15.4. The molecular formula is C10H13NO4. The summed E-state index contributed by atoms with van der Waals surface area (Å²) in [5, 5.41) is 8.52. The van der Waals surface area contributed by atoms with E-state index in [9.17, 15) is 4.79 Å². The van der Waals surface area contributed by atoms with Crippen LogP contribution < -0.4 is 0 Å². The number of ether oxygens (including phenoxy) is 2. The fourth-order valence-corrected chi connectivity index (χ4v) is 1.10. The zero-order valence-electron chi connectivity index (χ0n) is 8.42. The molecule has 0 aromatic rings. The molecule has 0 aromatic heterocycles. The van der Waals surface area contributed by atoms with Gasteiger partial charge in [-0.1, -0.05) is 12.2 Å². The van der Waals surface area contributed by atoms with Crippen LogP contribution in [0.3, 0.4) is 0 Å². The number of aliphatic hydroxyl groups is 1. The molecule has 1 unspecified atom stereocenters. The van der Waals surface area contributed by atoms with E-state index in [4.69, 9.17) is 14.6 Å². The number of nitrogens with zero attached hydrogens (tertiary/aromatic N) is 1. The minimum atomic E-state index is -0.642. The summed E-state index contributed by atoms with van der Waals surface area (Å²) in [6.07, 6.45) is 6.55. The van der Waals surface area contributed by atoms with Crippen molar-refractivity contribution in [1.82, 2.24) is 0 Å². The molecule has 0 aromatic carbocycles. The predicted octanol–water partition coefficient (Wildman–Crippen LogP) is 0.266. The van der Waals surface area contributed by atoms with E-state index in [1.807, 2.05) is 0 Å². The summed E-state index contributed by atoms with van der Waals surface area (Å²) < 4.78 is 9.76. The first-order chi connectivity index (χ1) is 7.29. The number of aliphatic imine (C=N–C) groups is 1. The lowest BCUT2D eigenvalue weighted by Crippen LogP contribution is -2.26. The van der Waals surface area contributed by atoms with Gasteiger partial charge in [-0.15, -0.1) is 0 Å². The quantitative estimate of drug-likeness (QED) is 0.680. The third-order valence-corrected chi connectivity index (χ3v) is 1.77. The molecule has 1 heterocycles. The van der Waals surface area contributed by atoms with Crippen molar-refractivity contribution in [2.45, 2.75) is 0 Å². The third-order valence-electron chi connectivity index (χ3n) is 1.77. The molecule has 15 heavy (non-hydrogen) atoms. The van der Waals surface area contributed by atoms with Crippen LogP contribution >= 0.6 is 0 Å². The van der Waals surface area contributed by atoms with Crippen LogP contribution in [0, 0.1) is 5.92 Å². The van der Waals surface area contributed by atoms with E-state index in [0.29, 0.717) is 0 Å². The first-order valence-corrected chi connectivity index (χ1v) is 4.52. The zero-order chi connectivity index (χ0) is 11.1. The van der Waals surface area contributed by atoms with E-state index in [-0.39, 0.29) is 19.1 Å². The Morgan fingerprint density at radius 3 is 3.07 bits per heavy atom. The van der Waals surface area contributed by atoms with E-state index in [2.05, 4.69) is 4.99 Å². The van der Waals surface area contributed by atoms with Crippen molar-refractivity contribution in [3.63, 3.8) is 0 Å². The van der Waals surface area contributed by atoms with Crippen LogP contribution in [0.15, 0.2) is 29.4 Å². The van der Waals surface area contributed by atoms with Gasteiger partial charge in [-0.25, -0.2) is 4.99 Å². The SMILES string of the molecule is COC1=NC=CC=CC1C(=O)OCCO. The molecule has 0 amide bonds. The van der Waals surface area contributed by atoms with E-state index in [1.54, 1.807) is 18.2 Å². The first-order valence-electron chi connectivity index (χ1n) is 4.52. The van der Waals surface area contributed by atoms with Gasteiger partial charge in [-0.3, -0.25) is 4.79 Å². The standard InChI is InChI=1S/C10H13NO4/c1-14-9-8(4-2-3-5-11-9)10(13)15-7-6-12/h2-5,8,12H,6-7H2,1H3. The molecule has 5 heteroatoms. The van der Waals surface area contributed by atoms with E-state index in [1.165, 1.54) is 13.3 Å². The minimum Gasteiger partial charge on any atom is -0.483 e. The van der Waals surface area contributed by atoms with Crippen molar-refractivity contribution in [3.8, 4) is 0 Å². The van der Waals surface area contributed by atoms with Crippen LogP contribution in [0.2, 0.25) is 0 Å². The molecule has 1 N–H and O–H groups in total. The van der Waals surface area contributed by atoms with Crippen LogP contribution in [0.25, 0.3) is 0 Å². The number of carbonyl (C=O) groups excluding carboxylic acids is 1. The molecule has 82 valence electrons. The molecule has 0 aliphatic carbocycles. The number of methoxy groups -OCH3 is 1. The molecule has 1 atom stereocenters. The summed E-state index contributed by atoms with van der Waals surface area (Å²) in [6, 6.07) is 0. The van der Waals surface area contributed by atoms with Gasteiger partial charge >= 0.3 is 5.97 Å². The molecule has 0 spiro atoms.